The smallest absolute Gasteiger partial charge is 0.260 e. The molecule has 1 unspecified atom stereocenters. The number of piperidine rings is 1. The van der Waals surface area contributed by atoms with Crippen molar-refractivity contribution in [2.24, 2.45) is 5.92 Å². The SMILES string of the molecule is COC(c1ccccc1)C1CCN(C(=O)COc2ccccc2)CC1. The first-order chi connectivity index (χ1) is 12.3. The topological polar surface area (TPSA) is 38.8 Å². The van der Waals surface area contributed by atoms with Crippen molar-refractivity contribution in [3.05, 3.63) is 66.2 Å². The molecule has 3 rings (SSSR count). The first-order valence-corrected chi connectivity index (χ1v) is 8.81. The van der Waals surface area contributed by atoms with E-state index in [4.69, 9.17) is 9.47 Å². The minimum atomic E-state index is 0.0518. The van der Waals surface area contributed by atoms with Gasteiger partial charge in [0.1, 0.15) is 5.75 Å². The van der Waals surface area contributed by atoms with Crippen LogP contribution < -0.4 is 4.74 Å². The average molecular weight is 339 g/mol. The Balaban J connectivity index is 1.50. The van der Waals surface area contributed by atoms with E-state index in [0.717, 1.165) is 31.7 Å². The normalized spacial score (nSPS) is 16.4. The van der Waals surface area contributed by atoms with E-state index < -0.39 is 0 Å². The zero-order chi connectivity index (χ0) is 17.5. The molecule has 4 nitrogen and oxygen atoms in total. The molecule has 1 aliphatic heterocycles. The maximum atomic E-state index is 12.4. The number of hydrogen-bond acceptors (Lipinski definition) is 3. The van der Waals surface area contributed by atoms with E-state index in [-0.39, 0.29) is 18.6 Å². The zero-order valence-corrected chi connectivity index (χ0v) is 14.6. The van der Waals surface area contributed by atoms with Crippen LogP contribution >= 0.6 is 0 Å². The van der Waals surface area contributed by atoms with Gasteiger partial charge in [0.2, 0.25) is 0 Å². The fourth-order valence-electron chi connectivity index (χ4n) is 3.45. The van der Waals surface area contributed by atoms with Crippen LogP contribution in [0.3, 0.4) is 0 Å². The number of rotatable bonds is 6. The number of para-hydroxylation sites is 1. The molecule has 4 heteroatoms. The molecule has 1 fully saturated rings. The van der Waals surface area contributed by atoms with E-state index in [0.29, 0.717) is 5.92 Å². The Kier molecular flexibility index (Phi) is 6.07. The van der Waals surface area contributed by atoms with Crippen LogP contribution in [0.1, 0.15) is 24.5 Å². The van der Waals surface area contributed by atoms with Gasteiger partial charge in [0.25, 0.3) is 5.91 Å². The Bertz CT molecular complexity index is 651. The Labute approximate surface area is 149 Å². The molecule has 1 aliphatic rings. The predicted molar refractivity (Wildman–Crippen MR) is 97.4 cm³/mol. The van der Waals surface area contributed by atoms with Crippen molar-refractivity contribution in [3.63, 3.8) is 0 Å². The summed E-state index contributed by atoms with van der Waals surface area (Å²) in [6, 6.07) is 19.8. The van der Waals surface area contributed by atoms with Crippen LogP contribution in [0.15, 0.2) is 60.7 Å². The number of likely N-dealkylation sites (tertiary alicyclic amines) is 1. The van der Waals surface area contributed by atoms with Crippen LogP contribution in [0, 0.1) is 5.92 Å². The maximum absolute atomic E-state index is 12.4. The van der Waals surface area contributed by atoms with Crippen molar-refractivity contribution in [2.75, 3.05) is 26.8 Å². The second-order valence-electron chi connectivity index (χ2n) is 6.39. The first kappa shape index (κ1) is 17.5. The van der Waals surface area contributed by atoms with Crippen LogP contribution in [0.25, 0.3) is 0 Å². The van der Waals surface area contributed by atoms with E-state index in [2.05, 4.69) is 12.1 Å². The summed E-state index contributed by atoms with van der Waals surface area (Å²) in [5.74, 6) is 1.22. The molecule has 0 radical (unpaired) electrons. The van der Waals surface area contributed by atoms with E-state index >= 15 is 0 Å². The molecule has 1 atom stereocenters. The Morgan fingerprint density at radius 1 is 1.04 bits per heavy atom. The second-order valence-corrected chi connectivity index (χ2v) is 6.39. The van der Waals surface area contributed by atoms with E-state index in [1.54, 1.807) is 7.11 Å². The minimum Gasteiger partial charge on any atom is -0.484 e. The highest BCUT2D eigenvalue weighted by Crippen LogP contribution is 2.33. The Morgan fingerprint density at radius 2 is 1.64 bits per heavy atom. The van der Waals surface area contributed by atoms with Crippen molar-refractivity contribution in [3.8, 4) is 5.75 Å². The van der Waals surface area contributed by atoms with Crippen LogP contribution in [-0.4, -0.2) is 37.6 Å². The number of amides is 1. The van der Waals surface area contributed by atoms with E-state index in [9.17, 15) is 4.79 Å². The summed E-state index contributed by atoms with van der Waals surface area (Å²) < 4.78 is 11.3. The van der Waals surface area contributed by atoms with Crippen LogP contribution in [0.4, 0.5) is 0 Å². The van der Waals surface area contributed by atoms with Gasteiger partial charge in [0.05, 0.1) is 6.10 Å². The highest BCUT2D eigenvalue weighted by molar-refractivity contribution is 5.77. The lowest BCUT2D eigenvalue weighted by atomic mass is 9.87. The third kappa shape index (κ3) is 4.60. The highest BCUT2D eigenvalue weighted by Gasteiger charge is 2.29. The van der Waals surface area contributed by atoms with Gasteiger partial charge < -0.3 is 14.4 Å². The molecule has 2 aromatic carbocycles. The lowest BCUT2D eigenvalue weighted by molar-refractivity contribution is -0.135. The van der Waals surface area contributed by atoms with Gasteiger partial charge >= 0.3 is 0 Å². The largest absolute Gasteiger partial charge is 0.484 e. The molecule has 0 aliphatic carbocycles. The summed E-state index contributed by atoms with van der Waals surface area (Å²) in [4.78, 5) is 14.3. The van der Waals surface area contributed by atoms with Gasteiger partial charge in [0, 0.05) is 20.2 Å². The molecule has 2 aromatic rings. The fourth-order valence-corrected chi connectivity index (χ4v) is 3.45. The zero-order valence-electron chi connectivity index (χ0n) is 14.6. The number of nitrogens with zero attached hydrogens (tertiary/aromatic N) is 1. The summed E-state index contributed by atoms with van der Waals surface area (Å²) in [7, 11) is 1.77. The van der Waals surface area contributed by atoms with Crippen LogP contribution in [0.5, 0.6) is 5.75 Å². The predicted octanol–water partition coefficient (Wildman–Crippen LogP) is 3.69. The van der Waals surface area contributed by atoms with Crippen molar-refractivity contribution in [1.82, 2.24) is 4.90 Å². The molecule has 0 bridgehead atoms. The van der Waals surface area contributed by atoms with E-state index in [1.165, 1.54) is 5.56 Å². The molecular formula is C21H25NO3. The number of carbonyl (C=O) groups is 1. The lowest BCUT2D eigenvalue weighted by Crippen LogP contribution is -2.42. The summed E-state index contributed by atoms with van der Waals surface area (Å²) in [5.41, 5.74) is 1.21. The van der Waals surface area contributed by atoms with Crippen LogP contribution in [0.2, 0.25) is 0 Å². The van der Waals surface area contributed by atoms with Crippen LogP contribution in [-0.2, 0) is 9.53 Å². The van der Waals surface area contributed by atoms with Gasteiger partial charge in [-0.1, -0.05) is 48.5 Å². The van der Waals surface area contributed by atoms with Gasteiger partial charge in [-0.25, -0.2) is 0 Å². The maximum Gasteiger partial charge on any atom is 0.260 e. The molecule has 1 amide bonds. The molecule has 132 valence electrons. The third-order valence-electron chi connectivity index (χ3n) is 4.81. The molecule has 0 aromatic heterocycles. The van der Waals surface area contributed by atoms with Gasteiger partial charge in [-0.15, -0.1) is 0 Å². The third-order valence-corrected chi connectivity index (χ3v) is 4.81. The number of benzene rings is 2. The lowest BCUT2D eigenvalue weighted by Gasteiger charge is -2.35. The van der Waals surface area contributed by atoms with Crippen molar-refractivity contribution in [1.29, 1.82) is 0 Å². The molecular weight excluding hydrogens is 314 g/mol. The summed E-state index contributed by atoms with van der Waals surface area (Å²) >= 11 is 0. The highest BCUT2D eigenvalue weighted by atomic mass is 16.5. The van der Waals surface area contributed by atoms with Gasteiger partial charge in [-0.2, -0.15) is 0 Å². The summed E-state index contributed by atoms with van der Waals surface area (Å²) in [5, 5.41) is 0. The quantitative estimate of drug-likeness (QED) is 0.806. The molecule has 0 saturated carbocycles. The van der Waals surface area contributed by atoms with Crippen molar-refractivity contribution < 1.29 is 14.3 Å². The average Bonchev–Trinajstić information content (AvgIpc) is 2.69. The molecule has 1 saturated heterocycles. The van der Waals surface area contributed by atoms with Crippen molar-refractivity contribution >= 4 is 5.91 Å². The number of hydrogen-bond donors (Lipinski definition) is 0. The fraction of sp³-hybridized carbons (Fsp3) is 0.381. The number of methoxy groups -OCH3 is 1. The van der Waals surface area contributed by atoms with Gasteiger partial charge in [0.15, 0.2) is 6.61 Å². The van der Waals surface area contributed by atoms with Gasteiger partial charge in [-0.05, 0) is 36.5 Å². The summed E-state index contributed by atoms with van der Waals surface area (Å²) in [6.07, 6.45) is 1.99. The Hall–Kier alpha value is -2.33. The Morgan fingerprint density at radius 3 is 2.24 bits per heavy atom. The number of carbonyl (C=O) groups excluding carboxylic acids is 1. The van der Waals surface area contributed by atoms with E-state index in [1.807, 2.05) is 53.4 Å². The number of ether oxygens (including phenoxy) is 2. The molecule has 0 spiro atoms. The summed E-state index contributed by atoms with van der Waals surface area (Å²) in [6.45, 7) is 1.61. The standard InChI is InChI=1S/C21H25NO3/c1-24-21(17-8-4-2-5-9-17)18-12-14-22(15-13-18)20(23)16-25-19-10-6-3-7-11-19/h2-11,18,21H,12-16H2,1H3. The minimum absolute atomic E-state index is 0.0518. The van der Waals surface area contributed by atoms with Crippen molar-refractivity contribution in [2.45, 2.75) is 18.9 Å². The van der Waals surface area contributed by atoms with Gasteiger partial charge in [-0.3, -0.25) is 4.79 Å². The first-order valence-electron chi connectivity index (χ1n) is 8.81. The molecule has 1 heterocycles. The molecule has 0 N–H and O–H groups in total. The molecule has 25 heavy (non-hydrogen) atoms. The monoisotopic (exact) mass is 339 g/mol. The second kappa shape index (κ2) is 8.67.